The van der Waals surface area contributed by atoms with Gasteiger partial charge >= 0.3 is 16.2 Å². The molecule has 0 bridgehead atoms. The van der Waals surface area contributed by atoms with Gasteiger partial charge in [0.15, 0.2) is 5.13 Å². The number of rotatable bonds is 20. The summed E-state index contributed by atoms with van der Waals surface area (Å²) >= 11 is 1.47. The molecule has 18 heteroatoms. The Kier molecular flexibility index (Phi) is 13.5. The quantitative estimate of drug-likeness (QED) is 0.0573. The normalized spacial score (nSPS) is 19.8. The van der Waals surface area contributed by atoms with Crippen molar-refractivity contribution in [3.05, 3.63) is 72.6 Å². The topological polar surface area (TPSA) is 218 Å². The van der Waals surface area contributed by atoms with Crippen molar-refractivity contribution in [2.24, 2.45) is 5.92 Å². The van der Waals surface area contributed by atoms with Gasteiger partial charge in [0.1, 0.15) is 28.8 Å². The van der Waals surface area contributed by atoms with Crippen LogP contribution in [-0.4, -0.2) is 84.6 Å². The molecule has 1 saturated heterocycles. The summed E-state index contributed by atoms with van der Waals surface area (Å²) in [4.78, 5) is 61.5. The Morgan fingerprint density at radius 2 is 1.80 bits per heavy atom. The molecule has 0 spiro atoms. The number of fused-ring (bicyclic) bond motifs is 1. The van der Waals surface area contributed by atoms with Gasteiger partial charge in [-0.3, -0.25) is 19.2 Å². The molecule has 3 heterocycles. The van der Waals surface area contributed by atoms with E-state index < -0.39 is 57.5 Å². The smallest absolute Gasteiger partial charge is 0.332 e. The van der Waals surface area contributed by atoms with Crippen molar-refractivity contribution in [3.63, 3.8) is 0 Å². The molecule has 314 valence electrons. The first-order valence-corrected chi connectivity index (χ1v) is 21.8. The zero-order valence-corrected chi connectivity index (χ0v) is 34.7. The number of aromatic nitrogens is 2. The Hall–Kier alpha value is -5.59. The van der Waals surface area contributed by atoms with Crippen molar-refractivity contribution >= 4 is 67.0 Å². The highest BCUT2D eigenvalue weighted by atomic mass is 32.2. The lowest BCUT2D eigenvalue weighted by atomic mass is 10.1. The Balaban J connectivity index is 1.13. The third-order valence-corrected chi connectivity index (χ3v) is 12.2. The maximum atomic E-state index is 13.9. The highest BCUT2D eigenvalue weighted by molar-refractivity contribution is 7.92. The Bertz CT molecular complexity index is 2300. The van der Waals surface area contributed by atoms with Gasteiger partial charge in [0.05, 0.1) is 30.0 Å². The van der Waals surface area contributed by atoms with Gasteiger partial charge in [-0.15, -0.1) is 17.9 Å². The molecular weight excluding hydrogens is 799 g/mol. The number of unbranched alkanes of at least 4 members (excludes halogenated alkanes) is 3. The lowest BCUT2D eigenvalue weighted by Crippen LogP contribution is -2.57. The van der Waals surface area contributed by atoms with E-state index in [1.54, 1.807) is 25.3 Å². The molecular formula is C41H49N7O9S2. The van der Waals surface area contributed by atoms with Crippen molar-refractivity contribution < 1.29 is 42.2 Å². The number of aliphatic carboxylic acids is 1. The highest BCUT2D eigenvalue weighted by Crippen LogP contribution is 2.45. The van der Waals surface area contributed by atoms with Gasteiger partial charge in [-0.25, -0.2) is 14.7 Å². The number of nitrogens with one attached hydrogen (secondary N) is 4. The summed E-state index contributed by atoms with van der Waals surface area (Å²) in [6.45, 7) is 8.15. The Morgan fingerprint density at radius 3 is 2.47 bits per heavy atom. The first-order chi connectivity index (χ1) is 28.2. The summed E-state index contributed by atoms with van der Waals surface area (Å²) in [5.41, 5.74) is 0.320. The summed E-state index contributed by atoms with van der Waals surface area (Å²) in [6, 6.07) is 14.4. The third kappa shape index (κ3) is 10.4. The van der Waals surface area contributed by atoms with E-state index in [0.717, 1.165) is 10.5 Å². The van der Waals surface area contributed by atoms with Crippen LogP contribution in [0.1, 0.15) is 65.2 Å². The van der Waals surface area contributed by atoms with Gasteiger partial charge in [-0.1, -0.05) is 37.1 Å². The van der Waals surface area contributed by atoms with E-state index in [-0.39, 0.29) is 37.4 Å². The highest BCUT2D eigenvalue weighted by Gasteiger charge is 2.61. The molecule has 2 fully saturated rings. The number of carboxylic acid groups (broad SMARTS) is 1. The number of methoxy groups -OCH3 is 1. The van der Waals surface area contributed by atoms with Crippen molar-refractivity contribution in [3.8, 4) is 22.9 Å². The minimum Gasteiger partial charge on any atom is -0.497 e. The molecule has 1 aliphatic heterocycles. The SMILES string of the molecule is C=C[C@@H]1C[C@]1(NC(=O)[C@@H]1C[C@@H](Oc2cc(-c3csc(NC(C)C)n3)nc3cc(OC)ccc23)CN1)C(=O)NS(=O)(=O)N(C(=O)CCCCCCC(=O)O)c1ccccc1. The largest absolute Gasteiger partial charge is 0.497 e. The second-order valence-electron chi connectivity index (χ2n) is 14.9. The standard InChI is InChI=1S/C41H49N7O9S2/c1-5-26-22-41(26,39(53)47-59(54,55)48(27-13-9-8-10-14-27)36(49)15-11-6-7-12-16-37(50)51)46-38(52)33-20-29(23-42-33)57-35-21-32(34-24-58-40(45-34)43-25(2)3)44-31-19-28(56-4)17-18-30(31)35/h5,8-10,13-14,17-19,21,24-26,29,33,42H,1,6-7,11-12,15-16,20,22-23H2,2-4H3,(H,43,45)(H,46,52)(H,47,53)(H,50,51)/t26-,29-,33+,41-/m1/s1. The number of benzene rings is 2. The van der Waals surface area contributed by atoms with Gasteiger partial charge in [0.25, 0.3) is 5.91 Å². The van der Waals surface area contributed by atoms with E-state index in [1.165, 1.54) is 29.5 Å². The minimum absolute atomic E-state index is 0.00595. The van der Waals surface area contributed by atoms with Crippen LogP contribution in [-0.2, 0) is 29.4 Å². The van der Waals surface area contributed by atoms with Crippen LogP contribution in [0.25, 0.3) is 22.3 Å². The number of para-hydroxylation sites is 1. The number of carbonyl (C=O) groups excluding carboxylic acids is 3. The lowest BCUT2D eigenvalue weighted by Gasteiger charge is -2.25. The Morgan fingerprint density at radius 1 is 1.05 bits per heavy atom. The fourth-order valence-corrected chi connectivity index (χ4v) is 9.11. The summed E-state index contributed by atoms with van der Waals surface area (Å²) in [5, 5.41) is 21.6. The summed E-state index contributed by atoms with van der Waals surface area (Å²) < 4.78 is 42.3. The van der Waals surface area contributed by atoms with Crippen molar-refractivity contribution in [2.75, 3.05) is 23.3 Å². The third-order valence-electron chi connectivity index (χ3n) is 10.1. The number of hydrogen-bond acceptors (Lipinski definition) is 13. The molecule has 0 unspecified atom stereocenters. The first kappa shape index (κ1) is 43.0. The molecule has 2 aromatic heterocycles. The molecule has 0 radical (unpaired) electrons. The van der Waals surface area contributed by atoms with Crippen molar-refractivity contribution in [1.29, 1.82) is 0 Å². The molecule has 59 heavy (non-hydrogen) atoms. The molecule has 16 nitrogen and oxygen atoms in total. The number of anilines is 2. The van der Waals surface area contributed by atoms with Crippen LogP contribution in [0.5, 0.6) is 11.5 Å². The second-order valence-corrected chi connectivity index (χ2v) is 17.3. The van der Waals surface area contributed by atoms with Crippen LogP contribution in [0.2, 0.25) is 0 Å². The average molecular weight is 848 g/mol. The van der Waals surface area contributed by atoms with E-state index >= 15 is 0 Å². The second kappa shape index (κ2) is 18.6. The van der Waals surface area contributed by atoms with Crippen LogP contribution in [0.4, 0.5) is 10.8 Å². The molecule has 6 rings (SSSR count). The summed E-state index contributed by atoms with van der Waals surface area (Å²) in [7, 11) is -3.21. The lowest BCUT2D eigenvalue weighted by molar-refractivity contribution is -0.137. The van der Waals surface area contributed by atoms with E-state index in [2.05, 4.69) is 27.3 Å². The number of thiazole rings is 1. The van der Waals surface area contributed by atoms with Gasteiger partial charge < -0.3 is 30.5 Å². The maximum Gasteiger partial charge on any atom is 0.332 e. The predicted octanol–water partition coefficient (Wildman–Crippen LogP) is 5.18. The Labute approximate surface area is 347 Å². The van der Waals surface area contributed by atoms with E-state index in [4.69, 9.17) is 24.5 Å². The van der Waals surface area contributed by atoms with Crippen LogP contribution in [0.3, 0.4) is 0 Å². The molecule has 5 N–H and O–H groups in total. The van der Waals surface area contributed by atoms with Gasteiger partial charge in [0.2, 0.25) is 11.8 Å². The molecule has 2 aliphatic rings. The van der Waals surface area contributed by atoms with Crippen LogP contribution < -0.4 is 34.5 Å². The fourth-order valence-electron chi connectivity index (χ4n) is 6.99. The molecule has 4 atom stereocenters. The maximum absolute atomic E-state index is 13.9. The van der Waals surface area contributed by atoms with E-state index in [0.29, 0.717) is 64.9 Å². The number of carbonyl (C=O) groups is 4. The molecule has 1 saturated carbocycles. The molecule has 3 amide bonds. The number of nitrogens with zero attached hydrogens (tertiary/aromatic N) is 3. The first-order valence-electron chi connectivity index (χ1n) is 19.5. The van der Waals surface area contributed by atoms with Gasteiger partial charge in [0, 0.05) is 60.7 Å². The number of pyridine rings is 1. The monoisotopic (exact) mass is 847 g/mol. The minimum atomic E-state index is -4.79. The number of amides is 3. The fraction of sp³-hybridized carbons (Fsp3) is 0.415. The zero-order chi connectivity index (χ0) is 42.3. The number of ether oxygens (including phenoxy) is 2. The zero-order valence-electron chi connectivity index (χ0n) is 33.1. The van der Waals surface area contributed by atoms with Crippen LogP contribution >= 0.6 is 11.3 Å². The predicted molar refractivity (Wildman–Crippen MR) is 224 cm³/mol. The van der Waals surface area contributed by atoms with Gasteiger partial charge in [-0.05, 0) is 57.4 Å². The van der Waals surface area contributed by atoms with Crippen LogP contribution in [0.15, 0.2) is 72.6 Å². The molecule has 2 aromatic carbocycles. The van der Waals surface area contributed by atoms with Gasteiger partial charge in [-0.2, -0.15) is 12.7 Å². The van der Waals surface area contributed by atoms with Crippen molar-refractivity contribution in [1.82, 2.24) is 25.3 Å². The van der Waals surface area contributed by atoms with Crippen molar-refractivity contribution in [2.45, 2.75) is 88.9 Å². The average Bonchev–Trinajstić information content (AvgIpc) is 3.45. The number of carboxylic acids is 1. The summed E-state index contributed by atoms with van der Waals surface area (Å²) in [6.07, 6.45) is 3.05. The molecule has 1 aliphatic carbocycles. The van der Waals surface area contributed by atoms with Crippen LogP contribution in [0, 0.1) is 5.92 Å². The van der Waals surface area contributed by atoms with E-state index in [1.807, 2.05) is 43.5 Å². The summed E-state index contributed by atoms with van der Waals surface area (Å²) in [5.74, 6) is -2.60. The molecule has 4 aromatic rings. The van der Waals surface area contributed by atoms with E-state index in [9.17, 15) is 27.6 Å². The number of hydrogen-bond donors (Lipinski definition) is 5.